The molecule has 0 saturated carbocycles. The minimum Gasteiger partial charge on any atom is -0.369 e. The molecular weight excluding hydrogens is 340 g/mol. The van der Waals surface area contributed by atoms with E-state index in [1.807, 2.05) is 18.3 Å². The number of carbonyl (C=O) groups excluding carboxylic acids is 1. The SMILES string of the molecule is CN1CCN(c2ccc(NC(=O)c3ccc(-n4ccnc4)nc3)cc2)CC1. The molecular formula is C20H22N6O. The second kappa shape index (κ2) is 7.59. The third kappa shape index (κ3) is 3.98. The molecule has 2 aromatic heterocycles. The molecule has 138 valence electrons. The van der Waals surface area contributed by atoms with Gasteiger partial charge in [0, 0.05) is 56.1 Å². The fourth-order valence-electron chi connectivity index (χ4n) is 3.09. The number of benzene rings is 1. The normalized spacial score (nSPS) is 14.9. The quantitative estimate of drug-likeness (QED) is 0.771. The van der Waals surface area contributed by atoms with Crippen LogP contribution in [0.1, 0.15) is 10.4 Å². The van der Waals surface area contributed by atoms with Gasteiger partial charge in [0.25, 0.3) is 5.91 Å². The minimum absolute atomic E-state index is 0.174. The molecule has 0 aliphatic carbocycles. The number of likely N-dealkylation sites (N-methyl/N-ethyl adjacent to an activating group) is 1. The molecule has 0 atom stereocenters. The highest BCUT2D eigenvalue weighted by Gasteiger charge is 2.14. The van der Waals surface area contributed by atoms with E-state index in [2.05, 4.69) is 44.3 Å². The van der Waals surface area contributed by atoms with Crippen molar-refractivity contribution in [3.05, 3.63) is 66.9 Å². The van der Waals surface area contributed by atoms with Crippen LogP contribution >= 0.6 is 0 Å². The number of piperazine rings is 1. The van der Waals surface area contributed by atoms with E-state index in [0.29, 0.717) is 5.56 Å². The van der Waals surface area contributed by atoms with Crippen LogP contribution in [0.15, 0.2) is 61.3 Å². The number of aromatic nitrogens is 3. The topological polar surface area (TPSA) is 66.3 Å². The van der Waals surface area contributed by atoms with Crippen LogP contribution in [0.5, 0.6) is 0 Å². The fraction of sp³-hybridized carbons (Fsp3) is 0.250. The van der Waals surface area contributed by atoms with E-state index >= 15 is 0 Å². The highest BCUT2D eigenvalue weighted by Crippen LogP contribution is 2.20. The molecule has 1 aliphatic heterocycles. The standard InChI is InChI=1S/C20H22N6O/c1-24-10-12-25(13-11-24)18-5-3-17(4-6-18)23-20(27)16-2-7-19(22-14-16)26-9-8-21-15-26/h2-9,14-15H,10-13H2,1H3,(H,23,27). The average molecular weight is 362 g/mol. The lowest BCUT2D eigenvalue weighted by atomic mass is 10.2. The molecule has 0 spiro atoms. The maximum atomic E-state index is 12.4. The first-order valence-electron chi connectivity index (χ1n) is 8.98. The van der Waals surface area contributed by atoms with E-state index in [1.54, 1.807) is 35.4 Å². The molecule has 1 fully saturated rings. The van der Waals surface area contributed by atoms with Gasteiger partial charge >= 0.3 is 0 Å². The summed E-state index contributed by atoms with van der Waals surface area (Å²) in [4.78, 5) is 25.5. The Hall–Kier alpha value is -3.19. The summed E-state index contributed by atoms with van der Waals surface area (Å²) in [6, 6.07) is 11.6. The zero-order valence-corrected chi connectivity index (χ0v) is 15.2. The summed E-state index contributed by atoms with van der Waals surface area (Å²) in [5.74, 6) is 0.549. The molecule has 1 amide bonds. The fourth-order valence-corrected chi connectivity index (χ4v) is 3.09. The van der Waals surface area contributed by atoms with Crippen molar-refractivity contribution in [1.82, 2.24) is 19.4 Å². The zero-order chi connectivity index (χ0) is 18.6. The monoisotopic (exact) mass is 362 g/mol. The van der Waals surface area contributed by atoms with Crippen LogP contribution in [-0.4, -0.2) is 58.6 Å². The number of hydrogen-bond acceptors (Lipinski definition) is 5. The number of nitrogens with zero attached hydrogens (tertiary/aromatic N) is 5. The van der Waals surface area contributed by atoms with Gasteiger partial charge in [0.05, 0.1) is 5.56 Å². The van der Waals surface area contributed by atoms with Crippen LogP contribution in [0.3, 0.4) is 0 Å². The molecule has 1 aromatic carbocycles. The molecule has 1 saturated heterocycles. The number of anilines is 2. The van der Waals surface area contributed by atoms with Gasteiger partial charge in [-0.05, 0) is 43.4 Å². The number of amides is 1. The molecule has 7 heteroatoms. The van der Waals surface area contributed by atoms with Gasteiger partial charge in [0.1, 0.15) is 12.1 Å². The van der Waals surface area contributed by atoms with Crippen molar-refractivity contribution in [1.29, 1.82) is 0 Å². The van der Waals surface area contributed by atoms with E-state index in [1.165, 1.54) is 5.69 Å². The smallest absolute Gasteiger partial charge is 0.257 e. The molecule has 4 rings (SSSR count). The number of nitrogens with one attached hydrogen (secondary N) is 1. The predicted octanol–water partition coefficient (Wildman–Crippen LogP) is 2.27. The van der Waals surface area contributed by atoms with Gasteiger partial charge < -0.3 is 15.1 Å². The number of carbonyl (C=O) groups is 1. The van der Waals surface area contributed by atoms with Gasteiger partial charge in [-0.3, -0.25) is 9.36 Å². The van der Waals surface area contributed by atoms with E-state index < -0.39 is 0 Å². The molecule has 3 heterocycles. The molecule has 1 aliphatic rings. The second-order valence-corrected chi connectivity index (χ2v) is 6.67. The first-order valence-corrected chi connectivity index (χ1v) is 8.98. The maximum absolute atomic E-state index is 12.4. The number of rotatable bonds is 4. The summed E-state index contributed by atoms with van der Waals surface area (Å²) in [6.45, 7) is 4.19. The lowest BCUT2D eigenvalue weighted by Crippen LogP contribution is -2.44. The number of hydrogen-bond donors (Lipinski definition) is 1. The summed E-state index contributed by atoms with van der Waals surface area (Å²) in [5.41, 5.74) is 2.48. The Bertz CT molecular complexity index is 881. The summed E-state index contributed by atoms with van der Waals surface area (Å²) < 4.78 is 1.79. The van der Waals surface area contributed by atoms with Gasteiger partial charge in [0.2, 0.25) is 0 Å². The van der Waals surface area contributed by atoms with E-state index in [-0.39, 0.29) is 5.91 Å². The van der Waals surface area contributed by atoms with Crippen LogP contribution in [0.4, 0.5) is 11.4 Å². The number of pyridine rings is 1. The summed E-state index contributed by atoms with van der Waals surface area (Å²) in [5, 5.41) is 2.92. The molecule has 3 aromatic rings. The van der Waals surface area contributed by atoms with Crippen LogP contribution in [0, 0.1) is 0 Å². The van der Waals surface area contributed by atoms with Crippen LogP contribution in [0.2, 0.25) is 0 Å². The predicted molar refractivity (Wildman–Crippen MR) is 105 cm³/mol. The van der Waals surface area contributed by atoms with Crippen molar-refractivity contribution < 1.29 is 4.79 Å². The van der Waals surface area contributed by atoms with Crippen LogP contribution in [-0.2, 0) is 0 Å². The van der Waals surface area contributed by atoms with Gasteiger partial charge in [-0.25, -0.2) is 9.97 Å². The largest absolute Gasteiger partial charge is 0.369 e. The van der Waals surface area contributed by atoms with Crippen molar-refractivity contribution in [3.63, 3.8) is 0 Å². The van der Waals surface area contributed by atoms with Crippen molar-refractivity contribution >= 4 is 17.3 Å². The Kier molecular flexibility index (Phi) is 4.84. The lowest BCUT2D eigenvalue weighted by molar-refractivity contribution is 0.102. The maximum Gasteiger partial charge on any atom is 0.257 e. The third-order valence-corrected chi connectivity index (χ3v) is 4.77. The van der Waals surface area contributed by atoms with Gasteiger partial charge in [-0.1, -0.05) is 0 Å². The van der Waals surface area contributed by atoms with Crippen molar-refractivity contribution in [3.8, 4) is 5.82 Å². The number of imidazole rings is 1. The molecule has 0 unspecified atom stereocenters. The third-order valence-electron chi connectivity index (χ3n) is 4.77. The molecule has 0 radical (unpaired) electrons. The summed E-state index contributed by atoms with van der Waals surface area (Å²) in [7, 11) is 2.15. The Morgan fingerprint density at radius 3 is 2.44 bits per heavy atom. The van der Waals surface area contributed by atoms with Crippen molar-refractivity contribution in [2.24, 2.45) is 0 Å². The minimum atomic E-state index is -0.174. The van der Waals surface area contributed by atoms with Crippen LogP contribution in [0.25, 0.3) is 5.82 Å². The first kappa shape index (κ1) is 17.2. The highest BCUT2D eigenvalue weighted by molar-refractivity contribution is 6.04. The van der Waals surface area contributed by atoms with Gasteiger partial charge in [-0.2, -0.15) is 0 Å². The van der Waals surface area contributed by atoms with E-state index in [4.69, 9.17) is 0 Å². The molecule has 1 N–H and O–H groups in total. The summed E-state index contributed by atoms with van der Waals surface area (Å²) >= 11 is 0. The van der Waals surface area contributed by atoms with Crippen molar-refractivity contribution in [2.45, 2.75) is 0 Å². The Morgan fingerprint density at radius 1 is 1.04 bits per heavy atom. The first-order chi connectivity index (χ1) is 13.2. The van der Waals surface area contributed by atoms with Gasteiger partial charge in [0.15, 0.2) is 0 Å². The molecule has 27 heavy (non-hydrogen) atoms. The Balaban J connectivity index is 1.39. The summed E-state index contributed by atoms with van der Waals surface area (Å²) in [6.07, 6.45) is 6.74. The second-order valence-electron chi connectivity index (χ2n) is 6.67. The Morgan fingerprint density at radius 2 is 1.81 bits per heavy atom. The van der Waals surface area contributed by atoms with Crippen LogP contribution < -0.4 is 10.2 Å². The Labute approximate surface area is 158 Å². The zero-order valence-electron chi connectivity index (χ0n) is 15.2. The van der Waals surface area contributed by atoms with Gasteiger partial charge in [-0.15, -0.1) is 0 Å². The molecule has 7 nitrogen and oxygen atoms in total. The highest BCUT2D eigenvalue weighted by atomic mass is 16.1. The van der Waals surface area contributed by atoms with E-state index in [0.717, 1.165) is 37.7 Å². The van der Waals surface area contributed by atoms with Crippen molar-refractivity contribution in [2.75, 3.05) is 43.4 Å². The van der Waals surface area contributed by atoms with E-state index in [9.17, 15) is 4.79 Å². The average Bonchev–Trinajstić information content (AvgIpc) is 3.24. The molecule has 0 bridgehead atoms. The lowest BCUT2D eigenvalue weighted by Gasteiger charge is -2.34.